The summed E-state index contributed by atoms with van der Waals surface area (Å²) in [6, 6.07) is 2.43. The highest BCUT2D eigenvalue weighted by Crippen LogP contribution is 2.45. The number of aliphatic imine (C=N–C) groups is 1. The second-order valence-electron chi connectivity index (χ2n) is 9.42. The number of halogens is 1. The van der Waals surface area contributed by atoms with Gasteiger partial charge in [-0.15, -0.1) is 0 Å². The molecular formula is C25H29FN6O2. The quantitative estimate of drug-likeness (QED) is 0.693. The number of carbonyl (C=O) groups is 2. The molecule has 4 heterocycles. The molecular weight excluding hydrogens is 435 g/mol. The number of pyridine rings is 1. The molecule has 1 aromatic rings. The Kier molecular flexibility index (Phi) is 5.11. The third-order valence-corrected chi connectivity index (χ3v) is 7.11. The lowest BCUT2D eigenvalue weighted by Crippen LogP contribution is -2.64. The number of carbonyl (C=O) groups excluding carboxylic acids is 2. The molecule has 0 bridgehead atoms. The molecule has 9 heteroatoms. The first-order valence-electron chi connectivity index (χ1n) is 11.6. The molecule has 178 valence electrons. The molecule has 1 aromatic heterocycles. The van der Waals surface area contributed by atoms with Crippen molar-refractivity contribution in [1.82, 2.24) is 25.0 Å². The van der Waals surface area contributed by atoms with Gasteiger partial charge in [0, 0.05) is 24.9 Å². The van der Waals surface area contributed by atoms with Crippen molar-refractivity contribution >= 4 is 18.0 Å². The van der Waals surface area contributed by atoms with Gasteiger partial charge in [0.05, 0.1) is 12.3 Å². The van der Waals surface area contributed by atoms with Crippen molar-refractivity contribution in [2.45, 2.75) is 64.4 Å². The molecule has 0 saturated heterocycles. The first-order valence-corrected chi connectivity index (χ1v) is 11.6. The summed E-state index contributed by atoms with van der Waals surface area (Å²) in [5.41, 5.74) is 2.81. The van der Waals surface area contributed by atoms with Crippen LogP contribution in [0.15, 0.2) is 58.1 Å². The molecule has 34 heavy (non-hydrogen) atoms. The van der Waals surface area contributed by atoms with E-state index in [0.29, 0.717) is 16.8 Å². The molecule has 1 fully saturated rings. The topological polar surface area (TPSA) is 81.1 Å². The number of hydrogen-bond acceptors (Lipinski definition) is 6. The van der Waals surface area contributed by atoms with Crippen molar-refractivity contribution < 1.29 is 14.0 Å². The summed E-state index contributed by atoms with van der Waals surface area (Å²) < 4.78 is 13.6. The maximum absolute atomic E-state index is 13.6. The number of likely N-dealkylation sites (N-methyl/N-ethyl adjacent to an activating group) is 1. The Morgan fingerprint density at radius 2 is 2.00 bits per heavy atom. The Morgan fingerprint density at radius 3 is 2.62 bits per heavy atom. The summed E-state index contributed by atoms with van der Waals surface area (Å²) in [7, 11) is 1.75. The van der Waals surface area contributed by atoms with Gasteiger partial charge in [-0.2, -0.15) is 4.39 Å². The highest BCUT2D eigenvalue weighted by atomic mass is 19.1. The molecule has 0 spiro atoms. The average molecular weight is 465 g/mol. The molecule has 2 unspecified atom stereocenters. The SMILES string of the molecule is C/C=C\C1=C(C)C(=O)N([C@@]2(C)N=CC3=C(N2)N(C2CC2)C(C)C(=O)N3C)C1c1ccc(F)nc1. The van der Waals surface area contributed by atoms with Crippen molar-refractivity contribution in [3.63, 3.8) is 0 Å². The lowest BCUT2D eigenvalue weighted by molar-refractivity contribution is -0.138. The zero-order valence-electron chi connectivity index (χ0n) is 20.0. The van der Waals surface area contributed by atoms with Gasteiger partial charge in [0.1, 0.15) is 17.6 Å². The van der Waals surface area contributed by atoms with E-state index >= 15 is 0 Å². The van der Waals surface area contributed by atoms with E-state index in [-0.39, 0.29) is 23.9 Å². The van der Waals surface area contributed by atoms with Crippen LogP contribution in [-0.2, 0) is 9.59 Å². The third-order valence-electron chi connectivity index (χ3n) is 7.11. The second kappa shape index (κ2) is 7.78. The van der Waals surface area contributed by atoms with Gasteiger partial charge >= 0.3 is 0 Å². The summed E-state index contributed by atoms with van der Waals surface area (Å²) >= 11 is 0. The molecule has 2 amide bonds. The predicted molar refractivity (Wildman–Crippen MR) is 125 cm³/mol. The number of rotatable bonds is 4. The first kappa shape index (κ1) is 22.3. The lowest BCUT2D eigenvalue weighted by Gasteiger charge is -2.49. The molecule has 0 radical (unpaired) electrons. The molecule has 0 aromatic carbocycles. The standard InChI is InChI=1S/C25H29FN6O2/c1-6-7-18-14(2)23(33)32(21(18)16-8-11-20(26)27-12-16)25(4)28-13-19-22(29-25)31(17-9-10-17)15(3)24(34)30(19)5/h6-8,11-13,15,17,21,29H,9-10H2,1-5H3/b7-6-/t15?,21?,25-/m0/s1. The van der Waals surface area contributed by atoms with Gasteiger partial charge in [0.15, 0.2) is 0 Å². The van der Waals surface area contributed by atoms with Crippen LogP contribution in [0.1, 0.15) is 52.1 Å². The molecule has 5 rings (SSSR count). The maximum Gasteiger partial charge on any atom is 0.253 e. The summed E-state index contributed by atoms with van der Waals surface area (Å²) in [5.74, 6) is -1.05. The highest BCUT2D eigenvalue weighted by molar-refractivity contribution is 5.99. The molecule has 1 aliphatic carbocycles. The lowest BCUT2D eigenvalue weighted by atomic mass is 9.98. The highest BCUT2D eigenvalue weighted by Gasteiger charge is 2.52. The monoisotopic (exact) mass is 464 g/mol. The minimum absolute atomic E-state index is 0.0166. The number of nitrogens with one attached hydrogen (secondary N) is 1. The predicted octanol–water partition coefficient (Wildman–Crippen LogP) is 2.84. The van der Waals surface area contributed by atoms with E-state index in [1.54, 1.807) is 36.1 Å². The second-order valence-corrected chi connectivity index (χ2v) is 9.42. The summed E-state index contributed by atoms with van der Waals surface area (Å²) in [4.78, 5) is 40.6. The van der Waals surface area contributed by atoms with Crippen molar-refractivity contribution in [2.75, 3.05) is 7.05 Å². The molecule has 1 N–H and O–H groups in total. The summed E-state index contributed by atoms with van der Waals surface area (Å²) in [6.07, 6.45) is 8.99. The zero-order valence-corrected chi connectivity index (χ0v) is 20.0. The van der Waals surface area contributed by atoms with E-state index in [0.717, 1.165) is 24.2 Å². The van der Waals surface area contributed by atoms with E-state index in [9.17, 15) is 14.0 Å². The van der Waals surface area contributed by atoms with Crippen LogP contribution in [0, 0.1) is 5.95 Å². The van der Waals surface area contributed by atoms with Crippen molar-refractivity contribution in [1.29, 1.82) is 0 Å². The van der Waals surface area contributed by atoms with Gasteiger partial charge in [0.2, 0.25) is 17.6 Å². The van der Waals surface area contributed by atoms with Crippen molar-refractivity contribution in [3.05, 3.63) is 64.7 Å². The fraction of sp³-hybridized carbons (Fsp3) is 0.440. The van der Waals surface area contributed by atoms with Gasteiger partial charge in [-0.05, 0) is 57.7 Å². The van der Waals surface area contributed by atoms with Crippen LogP contribution in [-0.4, -0.2) is 62.6 Å². The fourth-order valence-corrected chi connectivity index (χ4v) is 5.18. The van der Waals surface area contributed by atoms with Crippen molar-refractivity contribution in [2.24, 2.45) is 4.99 Å². The number of hydrogen-bond donors (Lipinski definition) is 1. The Labute approximate surface area is 198 Å². The smallest absolute Gasteiger partial charge is 0.253 e. The number of allylic oxidation sites excluding steroid dienone is 2. The number of amides is 2. The van der Waals surface area contributed by atoms with Crippen LogP contribution in [0.25, 0.3) is 0 Å². The minimum atomic E-state index is -1.13. The van der Waals surface area contributed by atoms with Crippen molar-refractivity contribution in [3.8, 4) is 0 Å². The molecule has 1 saturated carbocycles. The normalized spacial score (nSPS) is 29.5. The molecule has 3 aliphatic heterocycles. The van der Waals surface area contributed by atoms with Crippen LogP contribution in [0.2, 0.25) is 0 Å². The summed E-state index contributed by atoms with van der Waals surface area (Å²) in [5, 5.41) is 3.52. The third kappa shape index (κ3) is 3.25. The Balaban J connectivity index is 1.59. The average Bonchev–Trinajstić information content (AvgIpc) is 3.61. The van der Waals surface area contributed by atoms with Crippen LogP contribution in [0.3, 0.4) is 0 Å². The van der Waals surface area contributed by atoms with Gasteiger partial charge in [-0.25, -0.2) is 9.98 Å². The first-order chi connectivity index (χ1) is 16.2. The Hall–Kier alpha value is -3.49. The van der Waals surface area contributed by atoms with Gasteiger partial charge in [-0.1, -0.05) is 18.2 Å². The molecule has 4 aliphatic rings. The van der Waals surface area contributed by atoms with Gasteiger partial charge < -0.3 is 15.1 Å². The van der Waals surface area contributed by atoms with E-state index < -0.39 is 17.8 Å². The maximum atomic E-state index is 13.6. The zero-order chi connectivity index (χ0) is 24.4. The molecule has 8 nitrogen and oxygen atoms in total. The van der Waals surface area contributed by atoms with E-state index in [1.807, 2.05) is 32.9 Å². The fourth-order valence-electron chi connectivity index (χ4n) is 5.18. The molecule has 3 atom stereocenters. The van der Waals surface area contributed by atoms with E-state index in [4.69, 9.17) is 4.99 Å². The van der Waals surface area contributed by atoms with Crippen LogP contribution in [0.4, 0.5) is 4.39 Å². The Morgan fingerprint density at radius 1 is 1.26 bits per heavy atom. The Bertz CT molecular complexity index is 1180. The van der Waals surface area contributed by atoms with E-state index in [2.05, 4.69) is 15.2 Å². The van der Waals surface area contributed by atoms with Crippen LogP contribution in [0.5, 0.6) is 0 Å². The summed E-state index contributed by atoms with van der Waals surface area (Å²) in [6.45, 7) is 7.46. The van der Waals surface area contributed by atoms with Crippen LogP contribution < -0.4 is 5.32 Å². The minimum Gasteiger partial charge on any atom is -0.342 e. The van der Waals surface area contributed by atoms with Gasteiger partial charge in [-0.3, -0.25) is 14.5 Å². The number of aromatic nitrogens is 1. The number of nitrogens with zero attached hydrogens (tertiary/aromatic N) is 5. The van der Waals surface area contributed by atoms with Crippen LogP contribution >= 0.6 is 0 Å². The van der Waals surface area contributed by atoms with E-state index in [1.165, 1.54) is 12.3 Å². The van der Waals surface area contributed by atoms with Gasteiger partial charge in [0.25, 0.3) is 5.91 Å². The largest absolute Gasteiger partial charge is 0.342 e.